The summed E-state index contributed by atoms with van der Waals surface area (Å²) in [7, 11) is 1.74. The van der Waals surface area contributed by atoms with Crippen LogP contribution < -0.4 is 4.74 Å². The summed E-state index contributed by atoms with van der Waals surface area (Å²) in [5.74, 6) is 0.980. The average Bonchev–Trinajstić information content (AvgIpc) is 2.47. The van der Waals surface area contributed by atoms with Crippen LogP contribution in [0.4, 0.5) is 0 Å². The Balaban J connectivity index is 1.91. The molecule has 0 aromatic heterocycles. The largest absolute Gasteiger partial charge is 0.497 e. The molecule has 0 saturated carbocycles. The van der Waals surface area contributed by atoms with Crippen molar-refractivity contribution in [3.63, 3.8) is 0 Å². The smallest absolute Gasteiger partial charge is 0.119 e. The highest BCUT2D eigenvalue weighted by atomic mass is 16.5. The average molecular weight is 243 g/mol. The van der Waals surface area contributed by atoms with Crippen molar-refractivity contribution in [1.82, 2.24) is 4.90 Å². The van der Waals surface area contributed by atoms with Gasteiger partial charge in [0.05, 0.1) is 7.11 Å². The number of aryl methyl sites for hydroxylation is 1. The lowest BCUT2D eigenvalue weighted by atomic mass is 9.93. The maximum atomic E-state index is 5.33. The SMILES string of the molecule is COc1ccc2c(c1)CCC=C2N1CCCCC1. The van der Waals surface area contributed by atoms with Crippen molar-refractivity contribution in [3.8, 4) is 5.75 Å². The van der Waals surface area contributed by atoms with E-state index in [4.69, 9.17) is 4.74 Å². The van der Waals surface area contributed by atoms with Gasteiger partial charge in [-0.2, -0.15) is 0 Å². The predicted molar refractivity (Wildman–Crippen MR) is 74.7 cm³/mol. The van der Waals surface area contributed by atoms with Gasteiger partial charge in [0.1, 0.15) is 5.75 Å². The van der Waals surface area contributed by atoms with E-state index in [1.165, 1.54) is 49.2 Å². The summed E-state index contributed by atoms with van der Waals surface area (Å²) in [5.41, 5.74) is 4.32. The van der Waals surface area contributed by atoms with Gasteiger partial charge in [-0.3, -0.25) is 0 Å². The Morgan fingerprint density at radius 1 is 1.11 bits per heavy atom. The maximum absolute atomic E-state index is 5.33. The number of benzene rings is 1. The summed E-state index contributed by atoms with van der Waals surface area (Å²) >= 11 is 0. The number of methoxy groups -OCH3 is 1. The lowest BCUT2D eigenvalue weighted by Crippen LogP contribution is -2.29. The molecule has 0 amide bonds. The second-order valence-corrected chi connectivity index (χ2v) is 5.20. The van der Waals surface area contributed by atoms with Crippen molar-refractivity contribution in [1.29, 1.82) is 0 Å². The van der Waals surface area contributed by atoms with Crippen LogP contribution in [-0.2, 0) is 6.42 Å². The van der Waals surface area contributed by atoms with Gasteiger partial charge in [-0.15, -0.1) is 0 Å². The van der Waals surface area contributed by atoms with Gasteiger partial charge >= 0.3 is 0 Å². The molecule has 1 aromatic carbocycles. The number of likely N-dealkylation sites (tertiary alicyclic amines) is 1. The van der Waals surface area contributed by atoms with Crippen molar-refractivity contribution in [3.05, 3.63) is 35.4 Å². The first kappa shape index (κ1) is 11.6. The second-order valence-electron chi connectivity index (χ2n) is 5.20. The monoisotopic (exact) mass is 243 g/mol. The number of allylic oxidation sites excluding steroid dienone is 1. The lowest BCUT2D eigenvalue weighted by Gasteiger charge is -2.34. The minimum absolute atomic E-state index is 0.980. The van der Waals surface area contributed by atoms with Gasteiger partial charge in [0.25, 0.3) is 0 Å². The Morgan fingerprint density at radius 2 is 1.94 bits per heavy atom. The number of piperidine rings is 1. The van der Waals surface area contributed by atoms with E-state index in [-0.39, 0.29) is 0 Å². The van der Waals surface area contributed by atoms with E-state index in [1.807, 2.05) is 0 Å². The topological polar surface area (TPSA) is 12.5 Å². The molecule has 1 fully saturated rings. The van der Waals surface area contributed by atoms with Crippen LogP contribution >= 0.6 is 0 Å². The van der Waals surface area contributed by atoms with Crippen molar-refractivity contribution in [2.24, 2.45) is 0 Å². The summed E-state index contributed by atoms with van der Waals surface area (Å²) in [5, 5.41) is 0. The van der Waals surface area contributed by atoms with Crippen molar-refractivity contribution >= 4 is 5.70 Å². The summed E-state index contributed by atoms with van der Waals surface area (Å²) in [6.45, 7) is 2.44. The number of fused-ring (bicyclic) bond motifs is 1. The standard InChI is InChI=1S/C16H21NO/c1-18-14-8-9-15-13(12-14)6-5-7-16(15)17-10-3-2-4-11-17/h7-9,12H,2-6,10-11H2,1H3. The molecule has 3 rings (SSSR count). The van der Waals surface area contributed by atoms with Crippen LogP contribution in [0.1, 0.15) is 36.8 Å². The molecule has 0 unspecified atom stereocenters. The Bertz CT molecular complexity index is 458. The van der Waals surface area contributed by atoms with Gasteiger partial charge in [-0.25, -0.2) is 0 Å². The van der Waals surface area contributed by atoms with Crippen LogP contribution in [0.15, 0.2) is 24.3 Å². The number of hydrogen-bond donors (Lipinski definition) is 0. The molecular weight excluding hydrogens is 222 g/mol. The Hall–Kier alpha value is -1.44. The molecule has 0 bridgehead atoms. The highest BCUT2D eigenvalue weighted by Crippen LogP contribution is 2.32. The molecule has 1 aliphatic heterocycles. The van der Waals surface area contributed by atoms with Gasteiger partial charge in [-0.1, -0.05) is 6.08 Å². The summed E-state index contributed by atoms with van der Waals surface area (Å²) in [6.07, 6.45) is 8.78. The van der Waals surface area contributed by atoms with E-state index >= 15 is 0 Å². The molecule has 1 heterocycles. The Morgan fingerprint density at radius 3 is 2.72 bits per heavy atom. The molecule has 1 aromatic rings. The van der Waals surface area contributed by atoms with Crippen LogP contribution in [0.25, 0.3) is 5.70 Å². The molecule has 1 aliphatic carbocycles. The molecule has 18 heavy (non-hydrogen) atoms. The first-order valence-electron chi connectivity index (χ1n) is 7.01. The summed E-state index contributed by atoms with van der Waals surface area (Å²) in [6, 6.07) is 6.52. The van der Waals surface area contributed by atoms with Gasteiger partial charge in [0.15, 0.2) is 0 Å². The number of rotatable bonds is 2. The normalized spacial score (nSPS) is 19.2. The summed E-state index contributed by atoms with van der Waals surface area (Å²) < 4.78 is 5.33. The molecular formula is C16H21NO. The lowest BCUT2D eigenvalue weighted by molar-refractivity contribution is 0.324. The predicted octanol–water partition coefficient (Wildman–Crippen LogP) is 3.47. The van der Waals surface area contributed by atoms with E-state index < -0.39 is 0 Å². The van der Waals surface area contributed by atoms with E-state index in [1.54, 1.807) is 7.11 Å². The Kier molecular flexibility index (Phi) is 3.26. The van der Waals surface area contributed by atoms with Crippen molar-refractivity contribution in [2.75, 3.05) is 20.2 Å². The third-order valence-corrected chi connectivity index (χ3v) is 4.04. The number of hydrogen-bond acceptors (Lipinski definition) is 2. The molecule has 0 radical (unpaired) electrons. The number of ether oxygens (including phenoxy) is 1. The zero-order valence-electron chi connectivity index (χ0n) is 11.1. The molecule has 96 valence electrons. The van der Waals surface area contributed by atoms with Crippen LogP contribution in [0, 0.1) is 0 Å². The van der Waals surface area contributed by atoms with Gasteiger partial charge < -0.3 is 9.64 Å². The second kappa shape index (κ2) is 5.05. The zero-order chi connectivity index (χ0) is 12.4. The fraction of sp³-hybridized carbons (Fsp3) is 0.500. The van der Waals surface area contributed by atoms with Gasteiger partial charge in [0, 0.05) is 24.4 Å². The molecule has 2 heteroatoms. The Labute approximate surface area is 109 Å². The van der Waals surface area contributed by atoms with Crippen LogP contribution in [0.2, 0.25) is 0 Å². The fourth-order valence-corrected chi connectivity index (χ4v) is 3.06. The van der Waals surface area contributed by atoms with Crippen LogP contribution in [-0.4, -0.2) is 25.1 Å². The molecule has 0 atom stereocenters. The first-order chi connectivity index (χ1) is 8.88. The fourth-order valence-electron chi connectivity index (χ4n) is 3.06. The summed E-state index contributed by atoms with van der Waals surface area (Å²) in [4.78, 5) is 2.56. The molecule has 2 aliphatic rings. The van der Waals surface area contributed by atoms with Crippen LogP contribution in [0.3, 0.4) is 0 Å². The first-order valence-corrected chi connectivity index (χ1v) is 7.01. The van der Waals surface area contributed by atoms with Crippen molar-refractivity contribution < 1.29 is 4.74 Å². The van der Waals surface area contributed by atoms with Crippen molar-refractivity contribution in [2.45, 2.75) is 32.1 Å². The van der Waals surface area contributed by atoms with E-state index in [0.717, 1.165) is 18.6 Å². The van der Waals surface area contributed by atoms with Gasteiger partial charge in [-0.05, 0) is 55.9 Å². The zero-order valence-corrected chi connectivity index (χ0v) is 11.1. The third-order valence-electron chi connectivity index (χ3n) is 4.04. The molecule has 2 nitrogen and oxygen atoms in total. The minimum Gasteiger partial charge on any atom is -0.497 e. The quantitative estimate of drug-likeness (QED) is 0.788. The number of nitrogens with zero attached hydrogens (tertiary/aromatic N) is 1. The third kappa shape index (κ3) is 2.12. The maximum Gasteiger partial charge on any atom is 0.119 e. The molecule has 0 spiro atoms. The van der Waals surface area contributed by atoms with Gasteiger partial charge in [0.2, 0.25) is 0 Å². The minimum atomic E-state index is 0.980. The van der Waals surface area contributed by atoms with Crippen LogP contribution in [0.5, 0.6) is 5.75 Å². The highest BCUT2D eigenvalue weighted by Gasteiger charge is 2.20. The highest BCUT2D eigenvalue weighted by molar-refractivity contribution is 5.69. The van der Waals surface area contributed by atoms with E-state index in [0.29, 0.717) is 0 Å². The molecule has 0 N–H and O–H groups in total. The molecule has 1 saturated heterocycles. The van der Waals surface area contributed by atoms with E-state index in [9.17, 15) is 0 Å². The van der Waals surface area contributed by atoms with E-state index in [2.05, 4.69) is 29.2 Å².